The smallest absolute Gasteiger partial charge is 0.257 e. The third kappa shape index (κ3) is 7.35. The number of hydrogen-bond acceptors (Lipinski definition) is 4. The van der Waals surface area contributed by atoms with E-state index < -0.39 is 0 Å². The van der Waals surface area contributed by atoms with Crippen LogP contribution in [0.25, 0.3) is 0 Å². The molecule has 0 unspecified atom stereocenters. The van der Waals surface area contributed by atoms with Crippen LogP contribution < -0.4 is 4.74 Å². The lowest BCUT2D eigenvalue weighted by Gasteiger charge is -2.36. The van der Waals surface area contributed by atoms with Crippen molar-refractivity contribution in [3.05, 3.63) is 65.2 Å². The van der Waals surface area contributed by atoms with Crippen molar-refractivity contribution in [1.82, 2.24) is 14.7 Å². The molecule has 200 valence electrons. The Morgan fingerprint density at radius 1 is 0.946 bits per heavy atom. The quantitative estimate of drug-likeness (QED) is 0.586. The van der Waals surface area contributed by atoms with Crippen LogP contribution in [0.5, 0.6) is 5.75 Å². The molecule has 0 aliphatic carbocycles. The van der Waals surface area contributed by atoms with Crippen molar-refractivity contribution in [3.63, 3.8) is 0 Å². The van der Waals surface area contributed by atoms with Gasteiger partial charge >= 0.3 is 0 Å². The second-order valence-corrected chi connectivity index (χ2v) is 11.0. The minimum atomic E-state index is -0.0339. The number of amides is 2. The van der Waals surface area contributed by atoms with Crippen LogP contribution in [0.2, 0.25) is 0 Å². The van der Waals surface area contributed by atoms with Crippen LogP contribution in [0.3, 0.4) is 0 Å². The first-order valence-corrected chi connectivity index (χ1v) is 14.0. The highest BCUT2D eigenvalue weighted by Crippen LogP contribution is 2.24. The molecule has 0 radical (unpaired) electrons. The summed E-state index contributed by atoms with van der Waals surface area (Å²) < 4.78 is 6.33. The Labute approximate surface area is 222 Å². The molecule has 6 nitrogen and oxygen atoms in total. The summed E-state index contributed by atoms with van der Waals surface area (Å²) in [5, 5.41) is 0. The molecule has 0 saturated heterocycles. The first-order chi connectivity index (χ1) is 17.9. The number of ether oxygens (including phenoxy) is 1. The third-order valence-electron chi connectivity index (χ3n) is 7.61. The van der Waals surface area contributed by atoms with E-state index in [1.807, 2.05) is 31.3 Å². The van der Waals surface area contributed by atoms with Gasteiger partial charge < -0.3 is 14.5 Å². The third-order valence-corrected chi connectivity index (χ3v) is 7.61. The lowest BCUT2D eigenvalue weighted by molar-refractivity contribution is -0.136. The second-order valence-electron chi connectivity index (χ2n) is 11.0. The lowest BCUT2D eigenvalue weighted by atomic mass is 9.99. The number of nitrogens with zero attached hydrogens (tertiary/aromatic N) is 3. The second kappa shape index (κ2) is 13.1. The van der Waals surface area contributed by atoms with E-state index in [4.69, 9.17) is 4.74 Å². The summed E-state index contributed by atoms with van der Waals surface area (Å²) in [6.45, 7) is 8.42. The minimum Gasteiger partial charge on any atom is -0.491 e. The summed E-state index contributed by atoms with van der Waals surface area (Å²) in [5.74, 6) is 1.20. The first-order valence-electron chi connectivity index (χ1n) is 14.0. The normalized spacial score (nSPS) is 20.1. The Morgan fingerprint density at radius 3 is 2.43 bits per heavy atom. The largest absolute Gasteiger partial charge is 0.491 e. The Balaban J connectivity index is 1.53. The van der Waals surface area contributed by atoms with Crippen LogP contribution in [0, 0.1) is 5.92 Å². The van der Waals surface area contributed by atoms with Gasteiger partial charge in [-0.3, -0.25) is 14.5 Å². The maximum absolute atomic E-state index is 13.8. The van der Waals surface area contributed by atoms with Gasteiger partial charge in [-0.15, -0.1) is 0 Å². The predicted molar refractivity (Wildman–Crippen MR) is 148 cm³/mol. The van der Waals surface area contributed by atoms with E-state index in [0.29, 0.717) is 30.4 Å². The van der Waals surface area contributed by atoms with Crippen molar-refractivity contribution in [2.45, 2.75) is 65.0 Å². The number of hydrogen-bond donors (Lipinski definition) is 0. The van der Waals surface area contributed by atoms with Gasteiger partial charge in [0.15, 0.2) is 0 Å². The average molecular weight is 506 g/mol. The Morgan fingerprint density at radius 2 is 1.65 bits per heavy atom. The number of fused-ring (bicyclic) bond motifs is 2. The maximum atomic E-state index is 13.8. The van der Waals surface area contributed by atoms with Crippen LogP contribution in [-0.4, -0.2) is 72.4 Å². The van der Waals surface area contributed by atoms with Crippen molar-refractivity contribution in [2.24, 2.45) is 5.92 Å². The minimum absolute atomic E-state index is 0.00798. The summed E-state index contributed by atoms with van der Waals surface area (Å²) >= 11 is 0. The van der Waals surface area contributed by atoms with E-state index in [9.17, 15) is 9.59 Å². The van der Waals surface area contributed by atoms with Gasteiger partial charge in [0.2, 0.25) is 5.91 Å². The molecule has 0 fully saturated rings. The molecule has 2 heterocycles. The molecule has 2 amide bonds. The van der Waals surface area contributed by atoms with E-state index in [0.717, 1.165) is 64.7 Å². The average Bonchev–Trinajstić information content (AvgIpc) is 2.89. The highest BCUT2D eigenvalue weighted by atomic mass is 16.5. The van der Waals surface area contributed by atoms with Crippen LogP contribution in [0.1, 0.15) is 67.4 Å². The molecule has 0 spiro atoms. The standard InChI is InChI=1S/C31H43N3O3/c1-24(2)20-27-23-37-29-15-9-8-14-28(29)31(36)32(3)17-10-4-5-11-18-34(27)30(35)22-33-19-16-25-12-6-7-13-26(25)21-33/h6-9,12-15,24,27H,4-5,10-11,16-23H2,1-3H3/t27-/m0/s1. The molecule has 0 N–H and O–H groups in total. The number of rotatable bonds is 4. The van der Waals surface area contributed by atoms with Gasteiger partial charge in [0, 0.05) is 33.2 Å². The summed E-state index contributed by atoms with van der Waals surface area (Å²) in [4.78, 5) is 33.1. The zero-order valence-electron chi connectivity index (χ0n) is 22.8. The van der Waals surface area contributed by atoms with Crippen molar-refractivity contribution >= 4 is 11.8 Å². The molecular formula is C31H43N3O3. The van der Waals surface area contributed by atoms with Gasteiger partial charge in [-0.25, -0.2) is 0 Å². The van der Waals surface area contributed by atoms with Gasteiger partial charge in [0.05, 0.1) is 18.2 Å². The van der Waals surface area contributed by atoms with E-state index in [2.05, 4.69) is 47.9 Å². The molecule has 37 heavy (non-hydrogen) atoms. The van der Waals surface area contributed by atoms with Gasteiger partial charge in [-0.05, 0) is 54.9 Å². The topological polar surface area (TPSA) is 53.1 Å². The number of para-hydroxylation sites is 1. The van der Waals surface area contributed by atoms with Crippen LogP contribution in [0.4, 0.5) is 0 Å². The zero-order valence-corrected chi connectivity index (χ0v) is 22.8. The molecule has 2 aromatic rings. The molecule has 2 aromatic carbocycles. The summed E-state index contributed by atoms with van der Waals surface area (Å²) in [7, 11) is 1.87. The Bertz CT molecular complexity index is 1050. The van der Waals surface area contributed by atoms with Crippen molar-refractivity contribution in [1.29, 1.82) is 0 Å². The summed E-state index contributed by atoms with van der Waals surface area (Å²) in [6.07, 6.45) is 5.88. The van der Waals surface area contributed by atoms with E-state index in [-0.39, 0.29) is 17.9 Å². The van der Waals surface area contributed by atoms with Gasteiger partial charge in [0.25, 0.3) is 5.91 Å². The molecule has 0 saturated carbocycles. The zero-order chi connectivity index (χ0) is 26.2. The van der Waals surface area contributed by atoms with Crippen LogP contribution in [0.15, 0.2) is 48.5 Å². The van der Waals surface area contributed by atoms with Gasteiger partial charge in [-0.1, -0.05) is 63.1 Å². The maximum Gasteiger partial charge on any atom is 0.257 e. The molecule has 2 aliphatic heterocycles. The highest BCUT2D eigenvalue weighted by Gasteiger charge is 2.28. The molecular weight excluding hydrogens is 462 g/mol. The molecule has 6 heteroatoms. The Hall–Kier alpha value is -2.86. The monoisotopic (exact) mass is 505 g/mol. The molecule has 0 aromatic heterocycles. The lowest BCUT2D eigenvalue weighted by Crippen LogP contribution is -2.49. The Kier molecular flexibility index (Phi) is 9.62. The molecule has 2 aliphatic rings. The van der Waals surface area contributed by atoms with Crippen molar-refractivity contribution in [3.8, 4) is 5.75 Å². The highest BCUT2D eigenvalue weighted by molar-refractivity contribution is 5.96. The molecule has 1 atom stereocenters. The van der Waals surface area contributed by atoms with Crippen LogP contribution in [-0.2, 0) is 17.8 Å². The number of carbonyl (C=O) groups excluding carboxylic acids is 2. The number of carbonyl (C=O) groups is 2. The molecule has 4 rings (SSSR count). The fourth-order valence-electron chi connectivity index (χ4n) is 5.56. The summed E-state index contributed by atoms with van der Waals surface area (Å²) in [5.41, 5.74) is 3.32. The summed E-state index contributed by atoms with van der Waals surface area (Å²) in [6, 6.07) is 16.0. The number of benzene rings is 2. The predicted octanol–water partition coefficient (Wildman–Crippen LogP) is 5.01. The van der Waals surface area contributed by atoms with Crippen molar-refractivity contribution < 1.29 is 14.3 Å². The molecule has 0 bridgehead atoms. The van der Waals surface area contributed by atoms with E-state index in [1.165, 1.54) is 11.1 Å². The van der Waals surface area contributed by atoms with E-state index in [1.54, 1.807) is 4.90 Å². The van der Waals surface area contributed by atoms with Gasteiger partial charge in [-0.2, -0.15) is 0 Å². The fourth-order valence-corrected chi connectivity index (χ4v) is 5.56. The first kappa shape index (κ1) is 27.2. The SMILES string of the molecule is CC(C)C[C@H]1COc2ccccc2C(=O)N(C)CCCCCCN1C(=O)CN1CCc2ccccc2C1. The van der Waals surface area contributed by atoms with E-state index >= 15 is 0 Å². The fraction of sp³-hybridized carbons (Fsp3) is 0.548. The van der Waals surface area contributed by atoms with Crippen molar-refractivity contribution in [2.75, 3.05) is 39.8 Å². The van der Waals surface area contributed by atoms with Crippen LogP contribution >= 0.6 is 0 Å². The van der Waals surface area contributed by atoms with Gasteiger partial charge in [0.1, 0.15) is 12.4 Å².